The molecule has 0 atom stereocenters. The van der Waals surface area contributed by atoms with Crippen molar-refractivity contribution in [3.8, 4) is 0 Å². The topological polar surface area (TPSA) is 34.9 Å². The molecule has 2 heterocycles. The van der Waals surface area contributed by atoms with Gasteiger partial charge < -0.3 is 4.57 Å². The molecule has 90 valence electrons. The average Bonchev–Trinajstić information content (AvgIpc) is 2.72. The molecule has 17 heavy (non-hydrogen) atoms. The van der Waals surface area contributed by atoms with E-state index >= 15 is 0 Å². The molecule has 0 N–H and O–H groups in total. The highest BCUT2D eigenvalue weighted by Gasteiger charge is 2.03. The summed E-state index contributed by atoms with van der Waals surface area (Å²) in [5.74, 6) is 0. The smallest absolute Gasteiger partial charge is 0.250 e. The van der Waals surface area contributed by atoms with Gasteiger partial charge in [0.25, 0.3) is 5.56 Å². The number of thiazole rings is 1. The van der Waals surface area contributed by atoms with E-state index in [1.165, 1.54) is 0 Å². The zero-order valence-corrected chi connectivity index (χ0v) is 11.9. The summed E-state index contributed by atoms with van der Waals surface area (Å²) in [5.41, 5.74) is 0.955. The third kappa shape index (κ3) is 3.26. The number of hydrogen-bond acceptors (Lipinski definition) is 3. The van der Waals surface area contributed by atoms with Crippen molar-refractivity contribution < 1.29 is 0 Å². The Morgan fingerprint density at radius 3 is 3.06 bits per heavy atom. The van der Waals surface area contributed by atoms with Crippen molar-refractivity contribution in [1.29, 1.82) is 0 Å². The van der Waals surface area contributed by atoms with Crippen molar-refractivity contribution in [2.45, 2.75) is 26.3 Å². The van der Waals surface area contributed by atoms with Crippen LogP contribution in [0.3, 0.4) is 0 Å². The molecule has 0 aromatic carbocycles. The molecule has 0 radical (unpaired) electrons. The van der Waals surface area contributed by atoms with E-state index in [-0.39, 0.29) is 5.56 Å². The number of aromatic nitrogens is 2. The van der Waals surface area contributed by atoms with Crippen LogP contribution in [-0.2, 0) is 13.0 Å². The molecule has 2 rings (SSSR count). The maximum atomic E-state index is 11.6. The molecule has 2 aromatic heterocycles. The molecule has 0 saturated carbocycles. The first kappa shape index (κ1) is 12.5. The summed E-state index contributed by atoms with van der Waals surface area (Å²) in [6.07, 6.45) is 3.91. The zero-order chi connectivity index (χ0) is 12.3. The average molecular weight is 313 g/mol. The Balaban J connectivity index is 2.19. The third-order valence-corrected chi connectivity index (χ3v) is 3.77. The van der Waals surface area contributed by atoms with Crippen LogP contribution in [0.15, 0.2) is 33.0 Å². The lowest BCUT2D eigenvalue weighted by Gasteiger charge is -2.02. The summed E-state index contributed by atoms with van der Waals surface area (Å²) in [6, 6.07) is 3.31. The van der Waals surface area contributed by atoms with Crippen molar-refractivity contribution in [1.82, 2.24) is 9.55 Å². The lowest BCUT2D eigenvalue weighted by Crippen LogP contribution is -2.18. The summed E-state index contributed by atoms with van der Waals surface area (Å²) < 4.78 is 2.57. The Labute approximate surface area is 112 Å². The number of nitrogens with zero attached hydrogens (tertiary/aromatic N) is 2. The molecular weight excluding hydrogens is 300 g/mol. The van der Waals surface area contributed by atoms with E-state index in [9.17, 15) is 4.79 Å². The fourth-order valence-electron chi connectivity index (χ4n) is 1.55. The SMILES string of the molecule is CCCc1nc(Cn2cc(Br)ccc2=O)cs1. The number of pyridine rings is 1. The molecule has 0 aliphatic heterocycles. The molecule has 2 aromatic rings. The molecule has 0 saturated heterocycles. The predicted octanol–water partition coefficient (Wildman–Crippen LogP) is 3.07. The van der Waals surface area contributed by atoms with Crippen LogP contribution in [0, 0.1) is 0 Å². The highest BCUT2D eigenvalue weighted by molar-refractivity contribution is 9.10. The monoisotopic (exact) mass is 312 g/mol. The predicted molar refractivity (Wildman–Crippen MR) is 73.6 cm³/mol. The normalized spacial score (nSPS) is 10.7. The van der Waals surface area contributed by atoms with Gasteiger partial charge in [0.1, 0.15) is 0 Å². The lowest BCUT2D eigenvalue weighted by atomic mass is 10.3. The Kier molecular flexibility index (Phi) is 4.12. The first-order chi connectivity index (χ1) is 8.19. The van der Waals surface area contributed by atoms with E-state index < -0.39 is 0 Å². The van der Waals surface area contributed by atoms with E-state index in [0.29, 0.717) is 6.54 Å². The van der Waals surface area contributed by atoms with E-state index in [1.54, 1.807) is 34.2 Å². The summed E-state index contributed by atoms with van der Waals surface area (Å²) in [4.78, 5) is 16.1. The van der Waals surface area contributed by atoms with E-state index in [1.807, 2.05) is 5.38 Å². The highest BCUT2D eigenvalue weighted by Crippen LogP contribution is 2.13. The van der Waals surface area contributed by atoms with Crippen LogP contribution in [0.2, 0.25) is 0 Å². The van der Waals surface area contributed by atoms with Crippen LogP contribution < -0.4 is 5.56 Å². The Morgan fingerprint density at radius 2 is 2.29 bits per heavy atom. The molecule has 3 nitrogen and oxygen atoms in total. The minimum absolute atomic E-state index is 0.00163. The van der Waals surface area contributed by atoms with Gasteiger partial charge in [0.2, 0.25) is 0 Å². The molecule has 0 spiro atoms. The van der Waals surface area contributed by atoms with Gasteiger partial charge in [-0.3, -0.25) is 4.79 Å². The second-order valence-corrected chi connectivity index (χ2v) is 5.65. The fraction of sp³-hybridized carbons (Fsp3) is 0.333. The summed E-state index contributed by atoms with van der Waals surface area (Å²) in [6.45, 7) is 2.68. The van der Waals surface area contributed by atoms with Gasteiger partial charge in [-0.05, 0) is 34.8 Å². The number of rotatable bonds is 4. The van der Waals surface area contributed by atoms with Gasteiger partial charge >= 0.3 is 0 Å². The maximum absolute atomic E-state index is 11.6. The largest absolute Gasteiger partial charge is 0.308 e. The second kappa shape index (κ2) is 5.60. The van der Waals surface area contributed by atoms with Gasteiger partial charge in [0.05, 0.1) is 17.2 Å². The van der Waals surface area contributed by atoms with Crippen molar-refractivity contribution in [3.05, 3.63) is 49.2 Å². The molecule has 0 aliphatic carbocycles. The molecule has 0 aliphatic rings. The molecule has 0 amide bonds. The minimum Gasteiger partial charge on any atom is -0.308 e. The number of halogens is 1. The fourth-order valence-corrected chi connectivity index (χ4v) is 2.82. The minimum atomic E-state index is -0.00163. The number of hydrogen-bond donors (Lipinski definition) is 0. The van der Waals surface area contributed by atoms with Crippen LogP contribution >= 0.6 is 27.3 Å². The van der Waals surface area contributed by atoms with Crippen LogP contribution in [0.25, 0.3) is 0 Å². The van der Waals surface area contributed by atoms with E-state index in [2.05, 4.69) is 27.8 Å². The standard InChI is InChI=1S/C12H13BrN2OS/c1-2-3-11-14-10(8-17-11)7-15-6-9(13)4-5-12(15)16/h4-6,8H,2-3,7H2,1H3. The van der Waals surface area contributed by atoms with Gasteiger partial charge in [0.15, 0.2) is 0 Å². The summed E-state index contributed by atoms with van der Waals surface area (Å²) >= 11 is 5.03. The maximum Gasteiger partial charge on any atom is 0.250 e. The Bertz CT molecular complexity index is 562. The van der Waals surface area contributed by atoms with Gasteiger partial charge in [-0.2, -0.15) is 0 Å². The molecular formula is C12H13BrN2OS. The van der Waals surface area contributed by atoms with Crippen molar-refractivity contribution >= 4 is 27.3 Å². The van der Waals surface area contributed by atoms with Gasteiger partial charge in [-0.25, -0.2) is 4.98 Å². The third-order valence-electron chi connectivity index (χ3n) is 2.34. The molecule has 0 unspecified atom stereocenters. The Morgan fingerprint density at radius 1 is 1.47 bits per heavy atom. The molecule has 0 fully saturated rings. The summed E-state index contributed by atoms with van der Waals surface area (Å²) in [7, 11) is 0. The Hall–Kier alpha value is -0.940. The van der Waals surface area contributed by atoms with Gasteiger partial charge in [0, 0.05) is 22.1 Å². The van der Waals surface area contributed by atoms with E-state index in [0.717, 1.165) is 28.0 Å². The first-order valence-corrected chi connectivity index (χ1v) is 7.15. The summed E-state index contributed by atoms with van der Waals surface area (Å²) in [5, 5.41) is 3.17. The highest BCUT2D eigenvalue weighted by atomic mass is 79.9. The van der Waals surface area contributed by atoms with Gasteiger partial charge in [-0.15, -0.1) is 11.3 Å². The number of aryl methyl sites for hydroxylation is 1. The first-order valence-electron chi connectivity index (χ1n) is 5.48. The molecule has 5 heteroatoms. The van der Waals surface area contributed by atoms with Crippen LogP contribution in [-0.4, -0.2) is 9.55 Å². The van der Waals surface area contributed by atoms with Crippen LogP contribution in [0.1, 0.15) is 24.0 Å². The van der Waals surface area contributed by atoms with Crippen molar-refractivity contribution in [3.63, 3.8) is 0 Å². The lowest BCUT2D eigenvalue weighted by molar-refractivity contribution is 0.736. The van der Waals surface area contributed by atoms with Crippen molar-refractivity contribution in [2.75, 3.05) is 0 Å². The quantitative estimate of drug-likeness (QED) is 0.869. The van der Waals surface area contributed by atoms with Crippen LogP contribution in [0.4, 0.5) is 0 Å². The van der Waals surface area contributed by atoms with E-state index in [4.69, 9.17) is 0 Å². The van der Waals surface area contributed by atoms with Gasteiger partial charge in [-0.1, -0.05) is 6.92 Å². The van der Waals surface area contributed by atoms with Crippen molar-refractivity contribution in [2.24, 2.45) is 0 Å². The van der Waals surface area contributed by atoms with Crippen LogP contribution in [0.5, 0.6) is 0 Å². The molecule has 0 bridgehead atoms. The zero-order valence-electron chi connectivity index (χ0n) is 9.52. The second-order valence-electron chi connectivity index (χ2n) is 3.80.